The summed E-state index contributed by atoms with van der Waals surface area (Å²) < 4.78 is 0. The van der Waals surface area contributed by atoms with E-state index in [2.05, 4.69) is 26.6 Å². The first kappa shape index (κ1) is 27.2. The third-order valence-electron chi connectivity index (χ3n) is 4.62. The molecule has 0 fully saturated rings. The van der Waals surface area contributed by atoms with Crippen LogP contribution in [0.4, 0.5) is 0 Å². The van der Waals surface area contributed by atoms with Crippen molar-refractivity contribution in [3.05, 3.63) is 0 Å². The molecular weight excluding hydrogens is 374 g/mol. The number of hydrogen-bond donors (Lipinski definition) is 5. The third kappa shape index (κ3) is 9.01. The van der Waals surface area contributed by atoms with Gasteiger partial charge in [0.05, 0.1) is 12.1 Å². The molecule has 0 aromatic carbocycles. The molecule has 0 aliphatic carbocycles. The molecule has 0 rings (SSSR count). The van der Waals surface area contributed by atoms with Crippen molar-refractivity contribution in [3.63, 3.8) is 0 Å². The van der Waals surface area contributed by atoms with E-state index in [1.807, 2.05) is 27.7 Å². The lowest BCUT2D eigenvalue weighted by Gasteiger charge is -2.34. The summed E-state index contributed by atoms with van der Waals surface area (Å²) in [4.78, 5) is 48.5. The highest BCUT2D eigenvalue weighted by atomic mass is 16.2. The van der Waals surface area contributed by atoms with E-state index in [4.69, 9.17) is 0 Å². The van der Waals surface area contributed by atoms with Crippen LogP contribution < -0.4 is 26.6 Å². The third-order valence-corrected chi connectivity index (χ3v) is 4.62. The maximum absolute atomic E-state index is 12.7. The minimum atomic E-state index is -1.44. The van der Waals surface area contributed by atoms with E-state index in [0.717, 1.165) is 0 Å². The van der Waals surface area contributed by atoms with Crippen LogP contribution in [0.15, 0.2) is 0 Å². The van der Waals surface area contributed by atoms with Crippen molar-refractivity contribution in [1.82, 2.24) is 26.6 Å². The molecule has 4 atom stereocenters. The highest BCUT2D eigenvalue weighted by molar-refractivity contribution is 5.88. The molecule has 0 aliphatic heterocycles. The van der Waals surface area contributed by atoms with Crippen molar-refractivity contribution in [3.8, 4) is 0 Å². The normalized spacial score (nSPS) is 17.7. The Kier molecular flexibility index (Phi) is 11.2. The summed E-state index contributed by atoms with van der Waals surface area (Å²) in [6.45, 7) is 10.9. The van der Waals surface area contributed by atoms with Gasteiger partial charge in [-0.1, -0.05) is 27.7 Å². The average Bonchev–Trinajstić information content (AvgIpc) is 2.64. The van der Waals surface area contributed by atoms with Crippen LogP contribution in [0.25, 0.3) is 0 Å². The maximum Gasteiger partial charge on any atom is 0.238 e. The van der Waals surface area contributed by atoms with Gasteiger partial charge >= 0.3 is 0 Å². The van der Waals surface area contributed by atoms with Crippen molar-refractivity contribution >= 4 is 24.4 Å². The lowest BCUT2D eigenvalue weighted by Crippen LogP contribution is -2.67. The molecule has 0 bridgehead atoms. The second-order valence-electron chi connectivity index (χ2n) is 8.57. The molecule has 0 radical (unpaired) electrons. The zero-order chi connectivity index (χ0) is 22.8. The molecule has 0 spiro atoms. The number of carbonyl (C=O) groups is 4. The van der Waals surface area contributed by atoms with Gasteiger partial charge in [0.2, 0.25) is 11.8 Å². The van der Waals surface area contributed by atoms with E-state index in [9.17, 15) is 19.2 Å². The lowest BCUT2D eigenvalue weighted by molar-refractivity contribution is -0.132. The molecule has 0 aliphatic rings. The summed E-state index contributed by atoms with van der Waals surface area (Å²) in [5.74, 6) is -0.359. The van der Waals surface area contributed by atoms with Gasteiger partial charge in [0.15, 0.2) is 12.6 Å². The summed E-state index contributed by atoms with van der Waals surface area (Å²) in [7, 11) is 3.28. The number of rotatable bonds is 14. The Morgan fingerprint density at radius 1 is 0.897 bits per heavy atom. The standard InChI is InChI=1S/C20H39N5O4/c1-13(2)9-16(21-7)18(29)24-19(6,11-26)23-15(5)17(28)25-20(12-27,22-8)10-14(3)4/h11-16,21-23H,9-10H2,1-8H3,(H,24,29)(H,25,28). The minimum Gasteiger partial charge on any atom is -0.331 e. The van der Waals surface area contributed by atoms with Gasteiger partial charge in [0, 0.05) is 0 Å². The molecule has 4 unspecified atom stereocenters. The Bertz CT molecular complexity index is 569. The summed E-state index contributed by atoms with van der Waals surface area (Å²) in [6.07, 6.45) is 2.23. The van der Waals surface area contributed by atoms with Gasteiger partial charge in [0.25, 0.3) is 0 Å². The van der Waals surface area contributed by atoms with E-state index in [1.165, 1.54) is 6.92 Å². The number of hydrogen-bond acceptors (Lipinski definition) is 7. The summed E-state index contributed by atoms with van der Waals surface area (Å²) in [5, 5.41) is 14.0. The van der Waals surface area contributed by atoms with Crippen LogP contribution in [0.3, 0.4) is 0 Å². The van der Waals surface area contributed by atoms with Gasteiger partial charge in [-0.05, 0) is 52.6 Å². The molecule has 9 nitrogen and oxygen atoms in total. The smallest absolute Gasteiger partial charge is 0.238 e. The molecule has 168 valence electrons. The molecule has 2 amide bonds. The van der Waals surface area contributed by atoms with Gasteiger partial charge in [-0.2, -0.15) is 0 Å². The quantitative estimate of drug-likeness (QED) is 0.199. The van der Waals surface area contributed by atoms with Crippen LogP contribution in [0.2, 0.25) is 0 Å². The van der Waals surface area contributed by atoms with Crippen molar-refractivity contribution in [2.75, 3.05) is 14.1 Å². The monoisotopic (exact) mass is 413 g/mol. The van der Waals surface area contributed by atoms with Crippen LogP contribution >= 0.6 is 0 Å². The molecule has 5 N–H and O–H groups in total. The Morgan fingerprint density at radius 3 is 1.86 bits per heavy atom. The zero-order valence-electron chi connectivity index (χ0n) is 19.0. The van der Waals surface area contributed by atoms with E-state index in [1.54, 1.807) is 21.0 Å². The van der Waals surface area contributed by atoms with E-state index < -0.39 is 29.3 Å². The number of nitrogens with one attached hydrogen (secondary N) is 5. The lowest BCUT2D eigenvalue weighted by atomic mass is 9.98. The van der Waals surface area contributed by atoms with E-state index in [0.29, 0.717) is 25.4 Å². The van der Waals surface area contributed by atoms with Crippen LogP contribution in [-0.4, -0.2) is 61.9 Å². The number of carbonyl (C=O) groups excluding carboxylic acids is 4. The molecule has 29 heavy (non-hydrogen) atoms. The number of amides is 2. The largest absolute Gasteiger partial charge is 0.331 e. The Balaban J connectivity index is 5.21. The Morgan fingerprint density at radius 2 is 1.48 bits per heavy atom. The predicted octanol–water partition coefficient (Wildman–Crippen LogP) is -0.0932. The van der Waals surface area contributed by atoms with Crippen molar-refractivity contribution in [2.24, 2.45) is 11.8 Å². The number of aldehydes is 2. The molecule has 9 heteroatoms. The van der Waals surface area contributed by atoms with Crippen LogP contribution in [0, 0.1) is 11.8 Å². The first-order chi connectivity index (χ1) is 13.4. The first-order valence-corrected chi connectivity index (χ1v) is 10.1. The highest BCUT2D eigenvalue weighted by Gasteiger charge is 2.36. The molecule has 0 saturated heterocycles. The summed E-state index contributed by atoms with van der Waals surface area (Å²) in [5.41, 5.74) is -2.64. The molecular formula is C20H39N5O4. The van der Waals surface area contributed by atoms with Crippen LogP contribution in [-0.2, 0) is 19.2 Å². The topological polar surface area (TPSA) is 128 Å². The fourth-order valence-electron chi connectivity index (χ4n) is 3.11. The maximum atomic E-state index is 12.7. The van der Waals surface area contributed by atoms with Gasteiger partial charge in [-0.3, -0.25) is 29.8 Å². The Hall–Kier alpha value is -1.84. The van der Waals surface area contributed by atoms with Gasteiger partial charge in [0.1, 0.15) is 11.3 Å². The van der Waals surface area contributed by atoms with Gasteiger partial charge < -0.3 is 16.0 Å². The second-order valence-corrected chi connectivity index (χ2v) is 8.57. The van der Waals surface area contributed by atoms with Crippen molar-refractivity contribution in [1.29, 1.82) is 0 Å². The second kappa shape index (κ2) is 12.0. The fourth-order valence-corrected chi connectivity index (χ4v) is 3.11. The van der Waals surface area contributed by atoms with E-state index in [-0.39, 0.29) is 17.7 Å². The zero-order valence-corrected chi connectivity index (χ0v) is 19.0. The highest BCUT2D eigenvalue weighted by Crippen LogP contribution is 2.12. The first-order valence-electron chi connectivity index (χ1n) is 10.1. The minimum absolute atomic E-state index is 0.162. The van der Waals surface area contributed by atoms with Gasteiger partial charge in [-0.15, -0.1) is 0 Å². The van der Waals surface area contributed by atoms with Crippen LogP contribution in [0.1, 0.15) is 54.4 Å². The summed E-state index contributed by atoms with van der Waals surface area (Å²) >= 11 is 0. The molecule has 0 saturated carbocycles. The average molecular weight is 414 g/mol. The molecule has 0 aromatic rings. The van der Waals surface area contributed by atoms with Crippen molar-refractivity contribution < 1.29 is 19.2 Å². The van der Waals surface area contributed by atoms with Gasteiger partial charge in [-0.25, -0.2) is 0 Å². The Labute approximate surface area is 174 Å². The SMILES string of the molecule is CNC(CC(C)C)C(=O)NC(C)(C=O)NC(C)C(=O)NC(C=O)(CC(C)C)NC. The van der Waals surface area contributed by atoms with E-state index >= 15 is 0 Å². The fraction of sp³-hybridized carbons (Fsp3) is 0.800. The molecule has 0 heterocycles. The number of likely N-dealkylation sites (N-methyl/N-ethyl adjacent to an activating group) is 2. The molecule has 0 aromatic heterocycles. The van der Waals surface area contributed by atoms with Crippen LogP contribution in [0.5, 0.6) is 0 Å². The summed E-state index contributed by atoms with van der Waals surface area (Å²) in [6, 6.07) is -1.30. The predicted molar refractivity (Wildman–Crippen MR) is 113 cm³/mol. The van der Waals surface area contributed by atoms with Crippen molar-refractivity contribution in [2.45, 2.75) is 77.8 Å².